The maximum absolute atomic E-state index is 5.95. The number of rotatable bonds is 0. The van der Waals surface area contributed by atoms with Crippen molar-refractivity contribution in [2.75, 3.05) is 5.32 Å². The van der Waals surface area contributed by atoms with E-state index in [0.717, 1.165) is 5.02 Å². The third-order valence-electron chi connectivity index (χ3n) is 3.02. The second-order valence-corrected chi connectivity index (χ2v) is 4.74. The van der Waals surface area contributed by atoms with Gasteiger partial charge in [0.1, 0.15) is 0 Å². The lowest BCUT2D eigenvalue weighted by atomic mass is 9.88. The van der Waals surface area contributed by atoms with E-state index >= 15 is 0 Å². The van der Waals surface area contributed by atoms with E-state index in [2.05, 4.69) is 38.2 Å². The lowest BCUT2D eigenvalue weighted by Crippen LogP contribution is -2.30. The number of halogens is 1. The van der Waals surface area contributed by atoms with Gasteiger partial charge in [0.15, 0.2) is 0 Å². The normalized spacial score (nSPS) is 23.8. The molecule has 1 unspecified atom stereocenters. The van der Waals surface area contributed by atoms with E-state index in [4.69, 9.17) is 11.6 Å². The topological polar surface area (TPSA) is 12.0 Å². The van der Waals surface area contributed by atoms with Crippen molar-refractivity contribution in [3.63, 3.8) is 0 Å². The molecule has 0 bridgehead atoms. The molecule has 1 aromatic rings. The molecule has 0 saturated carbocycles. The van der Waals surface area contributed by atoms with Crippen molar-refractivity contribution < 1.29 is 0 Å². The summed E-state index contributed by atoms with van der Waals surface area (Å²) in [6, 6.07) is 6.05. The Bertz CT molecular complexity index is 344. The van der Waals surface area contributed by atoms with Crippen LogP contribution in [0.3, 0.4) is 0 Å². The van der Waals surface area contributed by atoms with Gasteiger partial charge in [-0.1, -0.05) is 18.5 Å². The molecule has 1 aliphatic heterocycles. The summed E-state index contributed by atoms with van der Waals surface area (Å²) in [5.74, 6) is 0.515. The summed E-state index contributed by atoms with van der Waals surface area (Å²) in [6.45, 7) is 6.66. The zero-order chi connectivity index (χ0) is 9.64. The largest absolute Gasteiger partial charge is 0.379 e. The van der Waals surface area contributed by atoms with Gasteiger partial charge in [-0.15, -0.1) is 0 Å². The molecule has 0 aliphatic carbocycles. The summed E-state index contributed by atoms with van der Waals surface area (Å²) in [5.41, 5.74) is 2.70. The van der Waals surface area contributed by atoms with Crippen molar-refractivity contribution in [3.05, 3.63) is 28.8 Å². The van der Waals surface area contributed by atoms with Crippen molar-refractivity contribution in [3.8, 4) is 0 Å². The van der Waals surface area contributed by atoms with E-state index in [-0.39, 0.29) is 5.54 Å². The van der Waals surface area contributed by atoms with Crippen molar-refractivity contribution in [1.82, 2.24) is 0 Å². The molecular formula is C11H14ClN. The Morgan fingerprint density at radius 2 is 2.08 bits per heavy atom. The van der Waals surface area contributed by atoms with Crippen molar-refractivity contribution in [2.45, 2.75) is 32.2 Å². The van der Waals surface area contributed by atoms with Crippen molar-refractivity contribution in [2.24, 2.45) is 0 Å². The molecule has 1 N–H and O–H groups in total. The van der Waals surface area contributed by atoms with E-state index in [1.165, 1.54) is 11.3 Å². The molecule has 2 rings (SSSR count). The smallest absolute Gasteiger partial charge is 0.0410 e. The molecule has 70 valence electrons. The van der Waals surface area contributed by atoms with E-state index in [1.807, 2.05) is 6.07 Å². The van der Waals surface area contributed by atoms with Crippen LogP contribution in [0.4, 0.5) is 5.69 Å². The lowest BCUT2D eigenvalue weighted by molar-refractivity contribution is 0.503. The van der Waals surface area contributed by atoms with Gasteiger partial charge < -0.3 is 5.32 Å². The third-order valence-corrected chi connectivity index (χ3v) is 3.25. The molecule has 1 aliphatic rings. The van der Waals surface area contributed by atoms with E-state index in [9.17, 15) is 0 Å². The first-order valence-corrected chi connectivity index (χ1v) is 4.96. The second kappa shape index (κ2) is 2.65. The molecule has 13 heavy (non-hydrogen) atoms. The number of benzene rings is 1. The summed E-state index contributed by atoms with van der Waals surface area (Å²) in [7, 11) is 0. The molecule has 0 fully saturated rings. The van der Waals surface area contributed by atoms with Gasteiger partial charge in [-0.25, -0.2) is 0 Å². The quantitative estimate of drug-likeness (QED) is 0.667. The van der Waals surface area contributed by atoms with Crippen LogP contribution in [0.1, 0.15) is 32.3 Å². The van der Waals surface area contributed by atoms with Crippen LogP contribution < -0.4 is 5.32 Å². The second-order valence-electron chi connectivity index (χ2n) is 4.30. The van der Waals surface area contributed by atoms with Crippen LogP contribution in [0.25, 0.3) is 0 Å². The zero-order valence-electron chi connectivity index (χ0n) is 8.19. The number of fused-ring (bicyclic) bond motifs is 1. The molecule has 0 aromatic heterocycles. The minimum absolute atomic E-state index is 0.146. The Labute approximate surface area is 84.1 Å². The number of hydrogen-bond acceptors (Lipinski definition) is 1. The monoisotopic (exact) mass is 195 g/mol. The number of nitrogens with one attached hydrogen (secondary N) is 1. The molecule has 1 nitrogen and oxygen atoms in total. The summed E-state index contributed by atoms with van der Waals surface area (Å²) >= 11 is 5.95. The predicted octanol–water partition coefficient (Wildman–Crippen LogP) is 3.65. The minimum Gasteiger partial charge on any atom is -0.379 e. The van der Waals surface area contributed by atoms with Gasteiger partial charge >= 0.3 is 0 Å². The Hall–Kier alpha value is -0.690. The molecule has 0 spiro atoms. The van der Waals surface area contributed by atoms with Gasteiger partial charge in [0.2, 0.25) is 0 Å². The van der Waals surface area contributed by atoms with E-state index in [0.29, 0.717) is 5.92 Å². The zero-order valence-corrected chi connectivity index (χ0v) is 8.94. The molecule has 2 heteroatoms. The summed E-state index contributed by atoms with van der Waals surface area (Å²) in [6.07, 6.45) is 0. The Morgan fingerprint density at radius 3 is 2.77 bits per heavy atom. The molecular weight excluding hydrogens is 182 g/mol. The fourth-order valence-electron chi connectivity index (χ4n) is 1.85. The van der Waals surface area contributed by atoms with Crippen LogP contribution in [-0.4, -0.2) is 5.54 Å². The van der Waals surface area contributed by atoms with Gasteiger partial charge in [-0.05, 0) is 37.6 Å². The predicted molar refractivity (Wildman–Crippen MR) is 57.6 cm³/mol. The Balaban J connectivity index is 2.51. The molecule has 1 heterocycles. The highest BCUT2D eigenvalue weighted by molar-refractivity contribution is 6.30. The first kappa shape index (κ1) is 8.89. The summed E-state index contributed by atoms with van der Waals surface area (Å²) < 4.78 is 0. The SMILES string of the molecule is CC1c2cc(Cl)ccc2NC1(C)C. The lowest BCUT2D eigenvalue weighted by Gasteiger charge is -2.24. The van der Waals surface area contributed by atoms with Crippen molar-refractivity contribution in [1.29, 1.82) is 0 Å². The highest BCUT2D eigenvalue weighted by atomic mass is 35.5. The van der Waals surface area contributed by atoms with Crippen LogP contribution in [0, 0.1) is 0 Å². The Kier molecular flexibility index (Phi) is 1.81. The molecule has 0 amide bonds. The fraction of sp³-hybridized carbons (Fsp3) is 0.455. The average Bonchev–Trinajstić information content (AvgIpc) is 2.26. The fourth-order valence-corrected chi connectivity index (χ4v) is 2.03. The number of anilines is 1. The van der Waals surface area contributed by atoms with Gasteiger partial charge in [0, 0.05) is 22.2 Å². The summed E-state index contributed by atoms with van der Waals surface area (Å²) in [4.78, 5) is 0. The molecule has 0 radical (unpaired) electrons. The van der Waals surface area contributed by atoms with Gasteiger partial charge in [-0.3, -0.25) is 0 Å². The van der Waals surface area contributed by atoms with Crippen LogP contribution in [-0.2, 0) is 0 Å². The van der Waals surface area contributed by atoms with Gasteiger partial charge in [0.05, 0.1) is 0 Å². The summed E-state index contributed by atoms with van der Waals surface area (Å²) in [5, 5.41) is 4.32. The average molecular weight is 196 g/mol. The molecule has 1 atom stereocenters. The van der Waals surface area contributed by atoms with Crippen LogP contribution in [0.15, 0.2) is 18.2 Å². The first-order valence-electron chi connectivity index (χ1n) is 4.58. The maximum atomic E-state index is 5.95. The highest BCUT2D eigenvalue weighted by Crippen LogP contribution is 2.42. The Morgan fingerprint density at radius 1 is 1.38 bits per heavy atom. The maximum Gasteiger partial charge on any atom is 0.0410 e. The van der Waals surface area contributed by atoms with Crippen LogP contribution in [0.5, 0.6) is 0 Å². The molecule has 0 saturated heterocycles. The van der Waals surface area contributed by atoms with Crippen molar-refractivity contribution >= 4 is 17.3 Å². The standard InChI is InChI=1S/C11H14ClN/c1-7-9-6-8(12)4-5-10(9)13-11(7,2)3/h4-7,13H,1-3H3. The third kappa shape index (κ3) is 1.31. The van der Waals surface area contributed by atoms with Gasteiger partial charge in [0.25, 0.3) is 0 Å². The number of hydrogen-bond donors (Lipinski definition) is 1. The van der Waals surface area contributed by atoms with Crippen LogP contribution in [0.2, 0.25) is 5.02 Å². The molecule has 1 aromatic carbocycles. The van der Waals surface area contributed by atoms with E-state index in [1.54, 1.807) is 0 Å². The highest BCUT2D eigenvalue weighted by Gasteiger charge is 2.34. The van der Waals surface area contributed by atoms with E-state index < -0.39 is 0 Å². The minimum atomic E-state index is 0.146. The van der Waals surface area contributed by atoms with Gasteiger partial charge in [-0.2, -0.15) is 0 Å². The first-order chi connectivity index (χ1) is 6.00. The van der Waals surface area contributed by atoms with Crippen LogP contribution >= 0.6 is 11.6 Å².